The van der Waals surface area contributed by atoms with Crippen LogP contribution in [0.2, 0.25) is 10.0 Å². The summed E-state index contributed by atoms with van der Waals surface area (Å²) in [6.45, 7) is 1.93. The Morgan fingerprint density at radius 1 is 1.28 bits per heavy atom. The Bertz CT molecular complexity index is 981. The molecule has 2 atom stereocenters. The van der Waals surface area contributed by atoms with Gasteiger partial charge in [-0.2, -0.15) is 0 Å². The second kappa shape index (κ2) is 7.63. The monoisotopic (exact) mass is 451 g/mol. The highest BCUT2D eigenvalue weighted by molar-refractivity contribution is 7.10. The van der Waals surface area contributed by atoms with Gasteiger partial charge in [0.15, 0.2) is 0 Å². The minimum absolute atomic E-state index is 0.00437. The number of nitrogens with one attached hydrogen (secondary N) is 1. The number of nitrogens with zero attached hydrogens (tertiary/aromatic N) is 2. The molecule has 0 spiro atoms. The van der Waals surface area contributed by atoms with Crippen LogP contribution in [0.25, 0.3) is 0 Å². The van der Waals surface area contributed by atoms with Gasteiger partial charge in [-0.05, 0) is 48.9 Å². The number of carbonyl (C=O) groups is 3. The van der Waals surface area contributed by atoms with Crippen molar-refractivity contribution in [1.82, 2.24) is 15.1 Å². The predicted octanol–water partition coefficient (Wildman–Crippen LogP) is 4.19. The summed E-state index contributed by atoms with van der Waals surface area (Å²) < 4.78 is 0. The molecule has 0 bridgehead atoms. The molecule has 2 fully saturated rings. The minimum Gasteiger partial charge on any atom is -0.333 e. The second-order valence-electron chi connectivity index (χ2n) is 7.34. The Hall–Kier alpha value is -2.09. The van der Waals surface area contributed by atoms with Crippen LogP contribution in [0.15, 0.2) is 35.7 Å². The van der Waals surface area contributed by atoms with Crippen molar-refractivity contribution < 1.29 is 14.4 Å². The van der Waals surface area contributed by atoms with Crippen molar-refractivity contribution in [2.75, 3.05) is 13.1 Å². The number of likely N-dealkylation sites (tertiary alicyclic amines) is 1. The smallest absolute Gasteiger partial charge is 0.325 e. The molecule has 4 rings (SSSR count). The molecule has 0 saturated carbocycles. The van der Waals surface area contributed by atoms with E-state index in [4.69, 9.17) is 23.2 Å². The number of benzene rings is 1. The van der Waals surface area contributed by atoms with E-state index in [-0.39, 0.29) is 23.5 Å². The molecule has 2 aliphatic heterocycles. The molecule has 1 aromatic carbocycles. The van der Waals surface area contributed by atoms with E-state index in [9.17, 15) is 14.4 Å². The molecule has 9 heteroatoms. The Morgan fingerprint density at radius 3 is 2.76 bits per heavy atom. The molecule has 2 aliphatic rings. The Balaban J connectivity index is 1.53. The summed E-state index contributed by atoms with van der Waals surface area (Å²) in [6, 6.07) is 8.16. The molecule has 0 radical (unpaired) electrons. The molecule has 4 amide bonds. The van der Waals surface area contributed by atoms with E-state index in [1.165, 1.54) is 0 Å². The first-order chi connectivity index (χ1) is 13.8. The fourth-order valence-electron chi connectivity index (χ4n) is 3.91. The van der Waals surface area contributed by atoms with Crippen LogP contribution in [-0.4, -0.2) is 40.7 Å². The number of thiophene rings is 1. The summed E-state index contributed by atoms with van der Waals surface area (Å²) in [4.78, 5) is 42.5. The molecule has 3 heterocycles. The lowest BCUT2D eigenvalue weighted by atomic mass is 9.92. The van der Waals surface area contributed by atoms with E-state index >= 15 is 0 Å². The van der Waals surface area contributed by atoms with Crippen LogP contribution in [0.4, 0.5) is 4.79 Å². The molecular formula is C20H19Cl2N3O3S. The van der Waals surface area contributed by atoms with Gasteiger partial charge in [0.2, 0.25) is 5.91 Å². The number of hydrogen-bond acceptors (Lipinski definition) is 4. The molecule has 0 aliphatic carbocycles. The van der Waals surface area contributed by atoms with Crippen LogP contribution in [0, 0.1) is 0 Å². The Labute approximate surface area is 182 Å². The summed E-state index contributed by atoms with van der Waals surface area (Å²) in [5.41, 5.74) is -0.790. The maximum absolute atomic E-state index is 13.1. The summed E-state index contributed by atoms with van der Waals surface area (Å²) in [7, 11) is 0. The van der Waals surface area contributed by atoms with Gasteiger partial charge in [0.1, 0.15) is 12.1 Å². The van der Waals surface area contributed by atoms with Gasteiger partial charge < -0.3 is 10.2 Å². The van der Waals surface area contributed by atoms with Crippen molar-refractivity contribution in [3.05, 3.63) is 56.2 Å². The molecule has 29 heavy (non-hydrogen) atoms. The summed E-state index contributed by atoms with van der Waals surface area (Å²) >= 11 is 13.6. The van der Waals surface area contributed by atoms with Crippen molar-refractivity contribution in [1.29, 1.82) is 0 Å². The number of amides is 4. The summed E-state index contributed by atoms with van der Waals surface area (Å²) in [5, 5.41) is 5.32. The van der Waals surface area contributed by atoms with Gasteiger partial charge in [-0.25, -0.2) is 4.79 Å². The molecule has 1 N–H and O–H groups in total. The van der Waals surface area contributed by atoms with Crippen LogP contribution < -0.4 is 5.32 Å². The van der Waals surface area contributed by atoms with E-state index < -0.39 is 17.5 Å². The quantitative estimate of drug-likeness (QED) is 0.708. The van der Waals surface area contributed by atoms with Crippen molar-refractivity contribution in [2.45, 2.75) is 31.3 Å². The first kappa shape index (κ1) is 20.2. The van der Waals surface area contributed by atoms with E-state index in [0.717, 1.165) is 22.6 Å². The van der Waals surface area contributed by atoms with Crippen LogP contribution in [-0.2, 0) is 15.1 Å². The lowest BCUT2D eigenvalue weighted by Crippen LogP contribution is -2.44. The molecule has 152 valence electrons. The lowest BCUT2D eigenvalue weighted by Gasteiger charge is -2.26. The van der Waals surface area contributed by atoms with Crippen molar-refractivity contribution >= 4 is 52.4 Å². The van der Waals surface area contributed by atoms with Gasteiger partial charge in [0.25, 0.3) is 5.91 Å². The van der Waals surface area contributed by atoms with Crippen molar-refractivity contribution in [2.24, 2.45) is 0 Å². The molecule has 6 nitrogen and oxygen atoms in total. The van der Waals surface area contributed by atoms with Gasteiger partial charge in [-0.1, -0.05) is 35.3 Å². The van der Waals surface area contributed by atoms with Crippen molar-refractivity contribution in [3.8, 4) is 0 Å². The number of halogens is 2. The van der Waals surface area contributed by atoms with E-state index in [1.54, 1.807) is 41.4 Å². The molecule has 2 aromatic rings. The van der Waals surface area contributed by atoms with Crippen LogP contribution in [0.3, 0.4) is 0 Å². The third-order valence-electron chi connectivity index (χ3n) is 5.51. The average Bonchev–Trinajstić information content (AvgIpc) is 3.41. The van der Waals surface area contributed by atoms with Gasteiger partial charge in [-0.15, -0.1) is 11.3 Å². The Kier molecular flexibility index (Phi) is 5.31. The maximum Gasteiger partial charge on any atom is 0.325 e. The molecule has 1 aromatic heterocycles. The fraction of sp³-hybridized carbons (Fsp3) is 0.350. The van der Waals surface area contributed by atoms with Crippen LogP contribution >= 0.6 is 34.5 Å². The van der Waals surface area contributed by atoms with E-state index in [2.05, 4.69) is 5.32 Å². The van der Waals surface area contributed by atoms with Crippen LogP contribution in [0.1, 0.15) is 36.2 Å². The summed E-state index contributed by atoms with van der Waals surface area (Å²) in [6.07, 6.45) is 1.78. The zero-order valence-corrected chi connectivity index (χ0v) is 18.0. The number of carbonyl (C=O) groups excluding carboxylic acids is 3. The zero-order chi connectivity index (χ0) is 20.8. The number of imide groups is 1. The number of rotatable bonds is 4. The fourth-order valence-corrected chi connectivity index (χ4v) is 5.08. The zero-order valence-electron chi connectivity index (χ0n) is 15.7. The molecule has 2 unspecified atom stereocenters. The molecule has 2 saturated heterocycles. The lowest BCUT2D eigenvalue weighted by molar-refractivity contribution is -0.139. The normalized spacial score (nSPS) is 24.3. The average molecular weight is 452 g/mol. The van der Waals surface area contributed by atoms with E-state index in [0.29, 0.717) is 17.1 Å². The highest BCUT2D eigenvalue weighted by atomic mass is 35.5. The number of hydrogen-bond donors (Lipinski definition) is 1. The SMILES string of the molecule is CC1(c2ccc(Cl)c(Cl)c2)NC(=O)N(CC(=O)N2CCCC2c2cccs2)C1=O. The summed E-state index contributed by atoms with van der Waals surface area (Å²) in [5.74, 6) is -0.719. The highest BCUT2D eigenvalue weighted by Crippen LogP contribution is 2.36. The van der Waals surface area contributed by atoms with Gasteiger partial charge in [0.05, 0.1) is 16.1 Å². The van der Waals surface area contributed by atoms with Gasteiger partial charge in [0, 0.05) is 11.4 Å². The standard InChI is InChI=1S/C20H19Cl2N3O3S/c1-20(12-6-7-13(21)14(22)10-12)18(27)25(19(28)23-20)11-17(26)24-8-2-4-15(24)16-5-3-9-29-16/h3,5-7,9-10,15H,2,4,8,11H2,1H3,(H,23,28). The predicted molar refractivity (Wildman–Crippen MR) is 112 cm³/mol. The van der Waals surface area contributed by atoms with E-state index in [1.807, 2.05) is 17.5 Å². The first-order valence-corrected chi connectivity index (χ1v) is 10.9. The van der Waals surface area contributed by atoms with Crippen molar-refractivity contribution in [3.63, 3.8) is 0 Å². The maximum atomic E-state index is 13.1. The third-order valence-corrected chi connectivity index (χ3v) is 7.22. The highest BCUT2D eigenvalue weighted by Gasteiger charge is 2.50. The number of urea groups is 1. The largest absolute Gasteiger partial charge is 0.333 e. The van der Waals surface area contributed by atoms with Gasteiger partial charge >= 0.3 is 6.03 Å². The first-order valence-electron chi connectivity index (χ1n) is 9.24. The minimum atomic E-state index is -1.30. The third kappa shape index (κ3) is 3.52. The van der Waals surface area contributed by atoms with Gasteiger partial charge in [-0.3, -0.25) is 14.5 Å². The second-order valence-corrected chi connectivity index (χ2v) is 9.13. The topological polar surface area (TPSA) is 69.7 Å². The molecular weight excluding hydrogens is 433 g/mol. The Morgan fingerprint density at radius 2 is 2.07 bits per heavy atom. The van der Waals surface area contributed by atoms with Crippen LogP contribution in [0.5, 0.6) is 0 Å².